The molecule has 0 radical (unpaired) electrons. The van der Waals surface area contributed by atoms with E-state index < -0.39 is 28.3 Å². The maximum Gasteiger partial charge on any atom is 0.342 e. The Bertz CT molecular complexity index is 676. The Hall–Kier alpha value is -2.90. The van der Waals surface area contributed by atoms with Crippen LogP contribution in [0, 0.1) is 17.0 Å². The summed E-state index contributed by atoms with van der Waals surface area (Å²) >= 11 is 0. The number of phenolic OH excluding ortho intramolecular Hbond substituents is 1. The number of esters is 2. The van der Waals surface area contributed by atoms with Gasteiger partial charge in [-0.1, -0.05) is 0 Å². The van der Waals surface area contributed by atoms with Gasteiger partial charge in [-0.2, -0.15) is 0 Å². The molecule has 0 saturated heterocycles. The van der Waals surface area contributed by atoms with Crippen molar-refractivity contribution in [2.24, 2.45) is 0 Å². The maximum atomic E-state index is 11.6. The third-order valence-corrected chi connectivity index (χ3v) is 2.74. The summed E-state index contributed by atoms with van der Waals surface area (Å²) in [5.41, 5.74) is -0.655. The van der Waals surface area contributed by atoms with E-state index in [-0.39, 0.29) is 22.4 Å². The number of phenols is 1. The van der Waals surface area contributed by atoms with Crippen LogP contribution in [-0.4, -0.2) is 29.1 Å². The number of aromatic hydroxyl groups is 1. The van der Waals surface area contributed by atoms with E-state index in [9.17, 15) is 24.8 Å². The zero-order valence-electron chi connectivity index (χ0n) is 12.5. The van der Waals surface area contributed by atoms with Gasteiger partial charge in [-0.3, -0.25) is 14.9 Å². The lowest BCUT2D eigenvalue weighted by molar-refractivity contribution is -0.386. The molecule has 0 atom stereocenters. The maximum absolute atomic E-state index is 11.6. The second-order valence-electron chi connectivity index (χ2n) is 4.45. The van der Waals surface area contributed by atoms with Crippen LogP contribution in [0.1, 0.15) is 35.3 Å². The molecule has 22 heavy (non-hydrogen) atoms. The zero-order chi connectivity index (χ0) is 17.0. The average molecular weight is 309 g/mol. The second-order valence-corrected chi connectivity index (χ2v) is 4.45. The summed E-state index contributed by atoms with van der Waals surface area (Å²) < 4.78 is 9.29. The molecule has 1 N–H and O–H groups in total. The molecule has 0 saturated carbocycles. The summed E-state index contributed by atoms with van der Waals surface area (Å²) in [6.07, 6.45) is 1.23. The van der Waals surface area contributed by atoms with Crippen LogP contribution >= 0.6 is 0 Å². The van der Waals surface area contributed by atoms with Crippen molar-refractivity contribution < 1.29 is 29.1 Å². The van der Waals surface area contributed by atoms with Crippen molar-refractivity contribution in [1.29, 1.82) is 0 Å². The summed E-state index contributed by atoms with van der Waals surface area (Å²) in [6.45, 7) is 4.12. The lowest BCUT2D eigenvalue weighted by atomic mass is 10.0. The fourth-order valence-corrected chi connectivity index (χ4v) is 1.95. The molecule has 0 amide bonds. The van der Waals surface area contributed by atoms with Crippen molar-refractivity contribution in [3.63, 3.8) is 0 Å². The first-order valence-electron chi connectivity index (χ1n) is 6.15. The van der Waals surface area contributed by atoms with Gasteiger partial charge in [0, 0.05) is 6.92 Å². The number of nitro groups is 1. The monoisotopic (exact) mass is 309 g/mol. The normalized spacial score (nSPS) is 11.0. The SMILES string of the molecule is COC(=O)c1c(C)cc(/C=C(\C)OC(C)=O)c([N+](=O)[O-])c1O. The quantitative estimate of drug-likeness (QED) is 0.392. The summed E-state index contributed by atoms with van der Waals surface area (Å²) in [6, 6.07) is 1.33. The number of rotatable bonds is 4. The van der Waals surface area contributed by atoms with E-state index in [4.69, 9.17) is 4.74 Å². The molecule has 0 unspecified atom stereocenters. The van der Waals surface area contributed by atoms with Gasteiger partial charge in [-0.15, -0.1) is 0 Å². The smallest absolute Gasteiger partial charge is 0.342 e. The van der Waals surface area contributed by atoms with Gasteiger partial charge in [0.25, 0.3) is 0 Å². The third-order valence-electron chi connectivity index (χ3n) is 2.74. The molecule has 0 bridgehead atoms. The number of carbonyl (C=O) groups is 2. The number of nitro benzene ring substituents is 1. The van der Waals surface area contributed by atoms with Crippen LogP contribution in [0.2, 0.25) is 0 Å². The van der Waals surface area contributed by atoms with Crippen LogP contribution in [0.15, 0.2) is 11.8 Å². The van der Waals surface area contributed by atoms with Gasteiger partial charge >= 0.3 is 17.6 Å². The van der Waals surface area contributed by atoms with Gasteiger partial charge in [0.2, 0.25) is 5.75 Å². The van der Waals surface area contributed by atoms with Crippen LogP contribution < -0.4 is 0 Å². The van der Waals surface area contributed by atoms with Crippen molar-refractivity contribution in [3.8, 4) is 5.75 Å². The van der Waals surface area contributed by atoms with Crippen LogP contribution in [0.3, 0.4) is 0 Å². The Morgan fingerprint density at radius 2 is 1.95 bits per heavy atom. The minimum absolute atomic E-state index is 0.00593. The summed E-state index contributed by atoms with van der Waals surface area (Å²) in [4.78, 5) is 32.8. The standard InChI is InChI=1S/C14H15NO7/c1-7-5-10(6-8(2)22-9(3)16)12(15(19)20)13(17)11(7)14(18)21-4/h5-6,17H,1-4H3/b8-6+. The molecule has 0 aliphatic rings. The Morgan fingerprint density at radius 1 is 1.36 bits per heavy atom. The Kier molecular flexibility index (Phi) is 5.23. The first-order valence-corrected chi connectivity index (χ1v) is 6.15. The van der Waals surface area contributed by atoms with E-state index in [0.717, 1.165) is 7.11 Å². The number of hydrogen-bond acceptors (Lipinski definition) is 7. The number of carbonyl (C=O) groups excluding carboxylic acids is 2. The predicted molar refractivity (Wildman–Crippen MR) is 76.3 cm³/mol. The van der Waals surface area contributed by atoms with Gasteiger partial charge < -0.3 is 14.6 Å². The lowest BCUT2D eigenvalue weighted by Gasteiger charge is -2.10. The van der Waals surface area contributed by atoms with Crippen LogP contribution in [0.25, 0.3) is 6.08 Å². The first kappa shape index (κ1) is 17.2. The molecule has 8 heteroatoms. The molecule has 0 fully saturated rings. The fraction of sp³-hybridized carbons (Fsp3) is 0.286. The second kappa shape index (κ2) is 6.70. The topological polar surface area (TPSA) is 116 Å². The number of benzene rings is 1. The molecular weight excluding hydrogens is 294 g/mol. The van der Waals surface area contributed by atoms with E-state index in [2.05, 4.69) is 4.74 Å². The van der Waals surface area contributed by atoms with E-state index in [1.165, 1.54) is 32.9 Å². The number of allylic oxidation sites excluding steroid dienone is 1. The molecular formula is C14H15NO7. The first-order chi connectivity index (χ1) is 10.2. The molecule has 0 spiro atoms. The van der Waals surface area contributed by atoms with Crippen LogP contribution in [0.4, 0.5) is 5.69 Å². The van der Waals surface area contributed by atoms with Gasteiger partial charge in [0.1, 0.15) is 11.3 Å². The minimum Gasteiger partial charge on any atom is -0.501 e. The molecule has 0 aliphatic heterocycles. The fourth-order valence-electron chi connectivity index (χ4n) is 1.95. The summed E-state index contributed by atoms with van der Waals surface area (Å²) in [5.74, 6) is -2.15. The van der Waals surface area contributed by atoms with Gasteiger partial charge in [-0.25, -0.2) is 4.79 Å². The van der Waals surface area contributed by atoms with E-state index in [1.54, 1.807) is 0 Å². The molecule has 0 aliphatic carbocycles. The van der Waals surface area contributed by atoms with E-state index in [0.29, 0.717) is 0 Å². The summed E-state index contributed by atoms with van der Waals surface area (Å²) in [5, 5.41) is 21.2. The number of methoxy groups -OCH3 is 1. The molecule has 0 heterocycles. The Balaban J connectivity index is 3.57. The molecule has 1 aromatic carbocycles. The van der Waals surface area contributed by atoms with Crippen LogP contribution in [-0.2, 0) is 14.3 Å². The largest absolute Gasteiger partial charge is 0.501 e. The Labute approximate surface area is 126 Å². The molecule has 8 nitrogen and oxygen atoms in total. The van der Waals surface area contributed by atoms with Crippen LogP contribution in [0.5, 0.6) is 5.75 Å². The van der Waals surface area contributed by atoms with Crippen molar-refractivity contribution in [2.45, 2.75) is 20.8 Å². The highest BCUT2D eigenvalue weighted by molar-refractivity contribution is 5.96. The molecule has 118 valence electrons. The van der Waals surface area contributed by atoms with Crippen molar-refractivity contribution >= 4 is 23.7 Å². The predicted octanol–water partition coefficient (Wildman–Crippen LogP) is 2.32. The average Bonchev–Trinajstić information content (AvgIpc) is 2.36. The third kappa shape index (κ3) is 3.60. The van der Waals surface area contributed by atoms with E-state index in [1.807, 2.05) is 0 Å². The van der Waals surface area contributed by atoms with E-state index >= 15 is 0 Å². The highest BCUT2D eigenvalue weighted by Crippen LogP contribution is 2.37. The van der Waals surface area contributed by atoms with Crippen molar-refractivity contribution in [2.75, 3.05) is 7.11 Å². The van der Waals surface area contributed by atoms with Gasteiger partial charge in [0.05, 0.1) is 17.6 Å². The highest BCUT2D eigenvalue weighted by Gasteiger charge is 2.28. The molecule has 0 aromatic heterocycles. The van der Waals surface area contributed by atoms with Gasteiger partial charge in [0.15, 0.2) is 0 Å². The van der Waals surface area contributed by atoms with Crippen molar-refractivity contribution in [3.05, 3.63) is 38.6 Å². The number of hydrogen-bond donors (Lipinski definition) is 1. The highest BCUT2D eigenvalue weighted by atomic mass is 16.6. The molecule has 1 rings (SSSR count). The number of aryl methyl sites for hydroxylation is 1. The minimum atomic E-state index is -0.884. The zero-order valence-corrected chi connectivity index (χ0v) is 12.5. The number of ether oxygens (including phenoxy) is 2. The Morgan fingerprint density at radius 3 is 2.41 bits per heavy atom. The van der Waals surface area contributed by atoms with Gasteiger partial charge in [-0.05, 0) is 31.6 Å². The van der Waals surface area contributed by atoms with Crippen molar-refractivity contribution in [1.82, 2.24) is 0 Å². The summed E-state index contributed by atoms with van der Waals surface area (Å²) in [7, 11) is 1.10. The number of nitrogens with zero attached hydrogens (tertiary/aromatic N) is 1. The lowest BCUT2D eigenvalue weighted by Crippen LogP contribution is -2.07. The molecule has 1 aromatic rings.